The number of nitrogens with two attached hydrogens (primary N) is 1. The highest BCUT2D eigenvalue weighted by Gasteiger charge is 2.28. The van der Waals surface area contributed by atoms with Gasteiger partial charge in [0.25, 0.3) is 5.91 Å². The predicted octanol–water partition coefficient (Wildman–Crippen LogP) is 5.95. The fourth-order valence-corrected chi connectivity index (χ4v) is 5.50. The first kappa shape index (κ1) is 29.2. The van der Waals surface area contributed by atoms with E-state index in [9.17, 15) is 4.79 Å². The summed E-state index contributed by atoms with van der Waals surface area (Å²) in [6.45, 7) is 1.77. The van der Waals surface area contributed by atoms with Crippen molar-refractivity contribution in [2.45, 2.75) is 32.9 Å². The van der Waals surface area contributed by atoms with E-state index in [2.05, 4.69) is 20.5 Å². The Morgan fingerprint density at radius 1 is 1.07 bits per heavy atom. The molecule has 1 amide bonds. The normalized spacial score (nSPS) is 14.6. The number of halogens is 2. The minimum absolute atomic E-state index is 0. The monoisotopic (exact) mass is 585 g/mol. The number of rotatable bonds is 5. The fraction of sp³-hybridized carbons (Fsp3) is 0.250. The lowest BCUT2D eigenvalue weighted by molar-refractivity contribution is 0.0963. The molecule has 1 aromatic heterocycles. The molecule has 1 fully saturated rings. The number of aromatic nitrogens is 2. The zero-order chi connectivity index (χ0) is 28.5. The van der Waals surface area contributed by atoms with Crippen molar-refractivity contribution in [3.63, 3.8) is 0 Å². The van der Waals surface area contributed by atoms with Crippen LogP contribution < -0.4 is 21.3 Å². The van der Waals surface area contributed by atoms with Crippen molar-refractivity contribution >= 4 is 40.5 Å². The highest BCUT2D eigenvalue weighted by atomic mass is 35.5. The molecule has 1 saturated heterocycles. The molecule has 10 heteroatoms. The number of amides is 1. The minimum Gasteiger partial charge on any atom is -0.371 e. The summed E-state index contributed by atoms with van der Waals surface area (Å²) in [6.07, 6.45) is 3.43. The molecule has 8 nitrogen and oxygen atoms in total. The van der Waals surface area contributed by atoms with Crippen LogP contribution in [0.3, 0.4) is 0 Å². The number of fused-ring (bicyclic) bond motifs is 3. The summed E-state index contributed by atoms with van der Waals surface area (Å²) in [5.41, 5.74) is 12.2. The average Bonchev–Trinajstić information content (AvgIpc) is 3.14. The van der Waals surface area contributed by atoms with E-state index < -0.39 is 0 Å². The Labute approximate surface area is 249 Å². The number of hydrogen-bond donors (Lipinski definition) is 3. The van der Waals surface area contributed by atoms with Gasteiger partial charge in [-0.25, -0.2) is 14.4 Å². The van der Waals surface area contributed by atoms with Crippen LogP contribution in [0.5, 0.6) is 0 Å². The van der Waals surface area contributed by atoms with Gasteiger partial charge in [0.1, 0.15) is 5.82 Å². The third-order valence-corrected chi connectivity index (χ3v) is 7.74. The van der Waals surface area contributed by atoms with E-state index in [-0.39, 0.29) is 31.7 Å². The van der Waals surface area contributed by atoms with Crippen LogP contribution in [-0.2, 0) is 6.54 Å². The molecule has 216 valence electrons. The Kier molecular flexibility index (Phi) is 8.51. The number of aliphatic imine (C=N–C) groups is 1. The first-order valence-corrected chi connectivity index (χ1v) is 13.9. The van der Waals surface area contributed by atoms with Crippen molar-refractivity contribution < 1.29 is 9.18 Å². The first-order valence-electron chi connectivity index (χ1n) is 13.5. The molecule has 0 bridgehead atoms. The second-order valence-electron chi connectivity index (χ2n) is 10.2. The zero-order valence-corrected chi connectivity index (χ0v) is 23.3. The van der Waals surface area contributed by atoms with Gasteiger partial charge in [-0.3, -0.25) is 9.79 Å². The molecule has 2 aliphatic rings. The van der Waals surface area contributed by atoms with Gasteiger partial charge in [-0.05, 0) is 61.4 Å². The van der Waals surface area contributed by atoms with E-state index in [0.717, 1.165) is 48.4 Å². The van der Waals surface area contributed by atoms with Crippen molar-refractivity contribution in [1.82, 2.24) is 15.3 Å². The molecule has 4 N–H and O–H groups in total. The van der Waals surface area contributed by atoms with Gasteiger partial charge in [-0.2, -0.15) is 0 Å². The highest BCUT2D eigenvalue weighted by molar-refractivity contribution is 6.32. The summed E-state index contributed by atoms with van der Waals surface area (Å²) in [7, 11) is 1.59. The Bertz CT molecular complexity index is 1650. The van der Waals surface area contributed by atoms with E-state index >= 15 is 4.39 Å². The van der Waals surface area contributed by atoms with Crippen LogP contribution in [0.2, 0.25) is 5.02 Å². The Balaban J connectivity index is 0.00000353. The molecule has 42 heavy (non-hydrogen) atoms. The standard InChI is InChI=1S/C31H29ClFN7O.CH4/c1-35-30(41)18-5-8-22(9-6-18)38-31-37-17-19-16-36-29(24-15-20(32)7-10-23(24)28(19)39-31)27-25(33)3-2-4-26(27)40-13-11-21(34)12-14-40;/h2-10,15,17,21H,11-14,16,34H2,1H3,(H,35,41)(H,37,38,39);1H4. The first-order chi connectivity index (χ1) is 19.9. The Hall–Kier alpha value is -4.34. The molecule has 0 saturated carbocycles. The van der Waals surface area contributed by atoms with Crippen molar-refractivity contribution in [2.24, 2.45) is 10.7 Å². The average molecular weight is 586 g/mol. The lowest BCUT2D eigenvalue weighted by Gasteiger charge is -2.33. The summed E-state index contributed by atoms with van der Waals surface area (Å²) < 4.78 is 15.7. The summed E-state index contributed by atoms with van der Waals surface area (Å²) in [6, 6.07) is 17.9. The van der Waals surface area contributed by atoms with Crippen LogP contribution >= 0.6 is 11.6 Å². The predicted molar refractivity (Wildman–Crippen MR) is 167 cm³/mol. The third-order valence-electron chi connectivity index (χ3n) is 7.50. The second kappa shape index (κ2) is 12.3. The Morgan fingerprint density at radius 3 is 2.57 bits per heavy atom. The van der Waals surface area contributed by atoms with Gasteiger partial charge < -0.3 is 21.3 Å². The number of benzene rings is 3. The zero-order valence-electron chi connectivity index (χ0n) is 22.5. The van der Waals surface area contributed by atoms with Gasteiger partial charge >= 0.3 is 0 Å². The van der Waals surface area contributed by atoms with E-state index in [1.54, 1.807) is 49.6 Å². The van der Waals surface area contributed by atoms with Gasteiger partial charge in [0.15, 0.2) is 0 Å². The van der Waals surface area contributed by atoms with Crippen LogP contribution in [-0.4, -0.2) is 47.8 Å². The van der Waals surface area contributed by atoms with E-state index in [0.29, 0.717) is 39.1 Å². The molecule has 0 atom stereocenters. The van der Waals surface area contributed by atoms with Gasteiger partial charge in [0.05, 0.1) is 23.5 Å². The fourth-order valence-electron chi connectivity index (χ4n) is 5.33. The molecule has 0 aliphatic carbocycles. The molecule has 0 radical (unpaired) electrons. The molecule has 3 aromatic carbocycles. The molecular weight excluding hydrogens is 553 g/mol. The number of nitrogens with one attached hydrogen (secondary N) is 2. The maximum Gasteiger partial charge on any atom is 0.251 e. The van der Waals surface area contributed by atoms with Crippen LogP contribution in [0, 0.1) is 5.82 Å². The molecule has 4 aromatic rings. The number of carbonyl (C=O) groups excluding carboxylic acids is 1. The van der Waals surface area contributed by atoms with Gasteiger partial charge in [-0.15, -0.1) is 0 Å². The van der Waals surface area contributed by atoms with E-state index in [1.807, 2.05) is 18.2 Å². The number of piperidine rings is 1. The second-order valence-corrected chi connectivity index (χ2v) is 10.6. The van der Waals surface area contributed by atoms with Crippen LogP contribution in [0.25, 0.3) is 11.3 Å². The van der Waals surface area contributed by atoms with Gasteiger partial charge in [0, 0.05) is 71.0 Å². The van der Waals surface area contributed by atoms with Crippen LogP contribution in [0.15, 0.2) is 71.9 Å². The molecule has 0 spiro atoms. The lowest BCUT2D eigenvalue weighted by atomic mass is 9.93. The number of hydrogen-bond acceptors (Lipinski definition) is 7. The largest absolute Gasteiger partial charge is 0.371 e. The van der Waals surface area contributed by atoms with Gasteiger partial charge in [-0.1, -0.05) is 31.2 Å². The van der Waals surface area contributed by atoms with E-state index in [1.165, 1.54) is 6.07 Å². The third kappa shape index (κ3) is 5.70. The van der Waals surface area contributed by atoms with Crippen LogP contribution in [0.1, 0.15) is 47.3 Å². The number of anilines is 3. The topological polar surface area (TPSA) is 109 Å². The molecule has 3 heterocycles. The molecule has 6 rings (SSSR count). The minimum atomic E-state index is -0.346. The Morgan fingerprint density at radius 2 is 1.83 bits per heavy atom. The van der Waals surface area contributed by atoms with E-state index in [4.69, 9.17) is 27.3 Å². The SMILES string of the molecule is C.CNC(=O)c1ccc(Nc2ncc3c(n2)-c2ccc(Cl)cc2C(c2c(F)cccc2N2CCC(N)CC2)=NC3)cc1. The number of carbonyl (C=O) groups is 1. The molecular formula is C32H33ClFN7O. The molecule has 0 unspecified atom stereocenters. The number of nitrogens with zero attached hydrogens (tertiary/aromatic N) is 4. The maximum absolute atomic E-state index is 15.7. The summed E-state index contributed by atoms with van der Waals surface area (Å²) >= 11 is 6.49. The van der Waals surface area contributed by atoms with Crippen molar-refractivity contribution in [1.29, 1.82) is 0 Å². The van der Waals surface area contributed by atoms with Crippen molar-refractivity contribution in [3.05, 3.63) is 100.0 Å². The van der Waals surface area contributed by atoms with Crippen LogP contribution in [0.4, 0.5) is 21.7 Å². The highest BCUT2D eigenvalue weighted by Crippen LogP contribution is 2.37. The smallest absolute Gasteiger partial charge is 0.251 e. The van der Waals surface area contributed by atoms with Crippen molar-refractivity contribution in [2.75, 3.05) is 30.4 Å². The summed E-state index contributed by atoms with van der Waals surface area (Å²) in [4.78, 5) is 28.4. The van der Waals surface area contributed by atoms with Gasteiger partial charge in [0.2, 0.25) is 5.95 Å². The summed E-state index contributed by atoms with van der Waals surface area (Å²) in [5, 5.41) is 6.34. The van der Waals surface area contributed by atoms with Crippen molar-refractivity contribution in [3.8, 4) is 11.3 Å². The molecule has 2 aliphatic heterocycles. The summed E-state index contributed by atoms with van der Waals surface area (Å²) in [5.74, 6) is -0.121. The lowest BCUT2D eigenvalue weighted by Crippen LogP contribution is -2.40. The quantitative estimate of drug-likeness (QED) is 0.267. The maximum atomic E-state index is 15.7.